The van der Waals surface area contributed by atoms with Crippen LogP contribution in [-0.4, -0.2) is 22.2 Å². The van der Waals surface area contributed by atoms with Gasteiger partial charge in [0.05, 0.1) is 12.3 Å². The first kappa shape index (κ1) is 19.7. The predicted molar refractivity (Wildman–Crippen MR) is 84.4 cm³/mol. The Morgan fingerprint density at radius 2 is 1.43 bits per heavy atom. The van der Waals surface area contributed by atoms with Gasteiger partial charge in [-0.15, -0.1) is 0 Å². The molecule has 1 unspecified atom stereocenters. The van der Waals surface area contributed by atoms with Crippen LogP contribution >= 0.6 is 0 Å². The summed E-state index contributed by atoms with van der Waals surface area (Å²) in [5.41, 5.74) is 0. The van der Waals surface area contributed by atoms with Crippen LogP contribution in [0.4, 0.5) is 0 Å². The highest BCUT2D eigenvalue weighted by Gasteiger charge is 2.17. The molecule has 1 atom stereocenters. The number of carboxylic acid groups (broad SMARTS) is 2. The zero-order valence-electron chi connectivity index (χ0n) is 13.2. The van der Waals surface area contributed by atoms with Gasteiger partial charge in [0, 0.05) is 0 Å². The smallest absolute Gasteiger partial charge is 0.310 e. The van der Waals surface area contributed by atoms with E-state index in [9.17, 15) is 9.59 Å². The van der Waals surface area contributed by atoms with Gasteiger partial charge in [-0.1, -0.05) is 70.4 Å². The highest BCUT2D eigenvalue weighted by Crippen LogP contribution is 2.12. The van der Waals surface area contributed by atoms with E-state index in [1.807, 2.05) is 6.08 Å². The van der Waals surface area contributed by atoms with E-state index in [4.69, 9.17) is 10.2 Å². The molecule has 0 rings (SSSR count). The molecule has 0 aromatic carbocycles. The van der Waals surface area contributed by atoms with Crippen LogP contribution in [-0.2, 0) is 9.59 Å². The van der Waals surface area contributed by atoms with Crippen molar-refractivity contribution in [2.75, 3.05) is 0 Å². The molecule has 0 amide bonds. The molecule has 0 aliphatic carbocycles. The van der Waals surface area contributed by atoms with Crippen LogP contribution in [0.15, 0.2) is 12.2 Å². The number of carbonyl (C=O) groups is 2. The van der Waals surface area contributed by atoms with Gasteiger partial charge in [0.25, 0.3) is 0 Å². The van der Waals surface area contributed by atoms with Gasteiger partial charge in [-0.3, -0.25) is 9.59 Å². The van der Waals surface area contributed by atoms with Crippen LogP contribution in [0.3, 0.4) is 0 Å². The summed E-state index contributed by atoms with van der Waals surface area (Å²) in [6, 6.07) is 0. The Morgan fingerprint density at radius 1 is 0.905 bits per heavy atom. The molecule has 0 radical (unpaired) electrons. The molecule has 122 valence electrons. The van der Waals surface area contributed by atoms with Crippen molar-refractivity contribution in [1.29, 1.82) is 0 Å². The summed E-state index contributed by atoms with van der Waals surface area (Å²) in [5, 5.41) is 17.5. The fourth-order valence-electron chi connectivity index (χ4n) is 2.26. The second-order valence-electron chi connectivity index (χ2n) is 5.59. The van der Waals surface area contributed by atoms with Crippen molar-refractivity contribution < 1.29 is 19.8 Å². The molecule has 21 heavy (non-hydrogen) atoms. The SMILES string of the molecule is CCCCCCCCCCC/C=C\C(CC(=O)O)C(=O)O. The van der Waals surface area contributed by atoms with E-state index < -0.39 is 17.9 Å². The first-order valence-corrected chi connectivity index (χ1v) is 8.19. The van der Waals surface area contributed by atoms with E-state index in [-0.39, 0.29) is 6.42 Å². The minimum Gasteiger partial charge on any atom is -0.481 e. The minimum atomic E-state index is -1.07. The largest absolute Gasteiger partial charge is 0.481 e. The van der Waals surface area contributed by atoms with Gasteiger partial charge < -0.3 is 10.2 Å². The average Bonchev–Trinajstić information content (AvgIpc) is 2.42. The van der Waals surface area contributed by atoms with E-state index in [2.05, 4.69) is 6.92 Å². The number of unbranched alkanes of at least 4 members (excludes halogenated alkanes) is 9. The van der Waals surface area contributed by atoms with Crippen molar-refractivity contribution in [2.24, 2.45) is 5.92 Å². The lowest BCUT2D eigenvalue weighted by atomic mass is 10.0. The second-order valence-corrected chi connectivity index (χ2v) is 5.59. The first-order chi connectivity index (χ1) is 10.1. The maximum Gasteiger partial charge on any atom is 0.310 e. The van der Waals surface area contributed by atoms with Gasteiger partial charge in [-0.2, -0.15) is 0 Å². The number of allylic oxidation sites excluding steroid dienone is 1. The van der Waals surface area contributed by atoms with Crippen molar-refractivity contribution in [3.63, 3.8) is 0 Å². The Bertz CT molecular complexity index is 310. The average molecular weight is 298 g/mol. The van der Waals surface area contributed by atoms with Crippen molar-refractivity contribution >= 4 is 11.9 Å². The van der Waals surface area contributed by atoms with Crippen LogP contribution in [0.2, 0.25) is 0 Å². The predicted octanol–water partition coefficient (Wildman–Crippen LogP) is 4.64. The molecular formula is C17H30O4. The van der Waals surface area contributed by atoms with Gasteiger partial charge >= 0.3 is 11.9 Å². The fourth-order valence-corrected chi connectivity index (χ4v) is 2.26. The van der Waals surface area contributed by atoms with Crippen LogP contribution in [0.25, 0.3) is 0 Å². The molecule has 0 saturated heterocycles. The zero-order valence-corrected chi connectivity index (χ0v) is 13.2. The van der Waals surface area contributed by atoms with E-state index in [1.54, 1.807) is 0 Å². The topological polar surface area (TPSA) is 74.6 Å². The molecule has 0 spiro atoms. The van der Waals surface area contributed by atoms with Gasteiger partial charge in [0.15, 0.2) is 0 Å². The van der Waals surface area contributed by atoms with Gasteiger partial charge in [-0.05, 0) is 12.8 Å². The van der Waals surface area contributed by atoms with Crippen molar-refractivity contribution in [2.45, 2.75) is 77.6 Å². The van der Waals surface area contributed by atoms with Gasteiger partial charge in [-0.25, -0.2) is 0 Å². The van der Waals surface area contributed by atoms with E-state index in [1.165, 1.54) is 51.0 Å². The standard InChI is InChI=1S/C17H30O4/c1-2-3-4-5-6-7-8-9-10-11-12-13-15(17(20)21)14-16(18)19/h12-13,15H,2-11,14H2,1H3,(H,18,19)(H,20,21)/b13-12-. The number of carboxylic acids is 2. The third kappa shape index (κ3) is 13.4. The van der Waals surface area contributed by atoms with Crippen LogP contribution in [0.1, 0.15) is 77.6 Å². The fraction of sp³-hybridized carbons (Fsp3) is 0.765. The van der Waals surface area contributed by atoms with Gasteiger partial charge in [0.1, 0.15) is 0 Å². The third-order valence-electron chi connectivity index (χ3n) is 3.55. The molecule has 0 aliphatic rings. The van der Waals surface area contributed by atoms with Crippen LogP contribution < -0.4 is 0 Å². The summed E-state index contributed by atoms with van der Waals surface area (Å²) >= 11 is 0. The quantitative estimate of drug-likeness (QED) is 0.362. The summed E-state index contributed by atoms with van der Waals surface area (Å²) in [6.45, 7) is 2.22. The number of rotatable bonds is 14. The van der Waals surface area contributed by atoms with Crippen LogP contribution in [0, 0.1) is 5.92 Å². The molecule has 0 aromatic rings. The molecule has 2 N–H and O–H groups in total. The lowest BCUT2D eigenvalue weighted by Crippen LogP contribution is -2.15. The highest BCUT2D eigenvalue weighted by atomic mass is 16.4. The van der Waals surface area contributed by atoms with Gasteiger partial charge in [0.2, 0.25) is 0 Å². The minimum absolute atomic E-state index is 0.344. The third-order valence-corrected chi connectivity index (χ3v) is 3.55. The van der Waals surface area contributed by atoms with Crippen molar-refractivity contribution in [1.82, 2.24) is 0 Å². The first-order valence-electron chi connectivity index (χ1n) is 8.19. The van der Waals surface area contributed by atoms with Crippen molar-refractivity contribution in [3.05, 3.63) is 12.2 Å². The Morgan fingerprint density at radius 3 is 1.90 bits per heavy atom. The monoisotopic (exact) mass is 298 g/mol. The summed E-state index contributed by atoms with van der Waals surface area (Å²) in [4.78, 5) is 21.4. The molecule has 4 nitrogen and oxygen atoms in total. The Hall–Kier alpha value is -1.32. The lowest BCUT2D eigenvalue weighted by molar-refractivity contribution is -0.146. The molecule has 0 bridgehead atoms. The summed E-state index contributed by atoms with van der Waals surface area (Å²) in [6.07, 6.45) is 15.2. The summed E-state index contributed by atoms with van der Waals surface area (Å²) < 4.78 is 0. The number of aliphatic carboxylic acids is 2. The number of hydrogen-bond donors (Lipinski definition) is 2. The molecule has 0 fully saturated rings. The normalized spacial score (nSPS) is 12.6. The molecule has 0 aliphatic heterocycles. The van der Waals surface area contributed by atoms with Crippen molar-refractivity contribution in [3.8, 4) is 0 Å². The lowest BCUT2D eigenvalue weighted by Gasteiger charge is -2.03. The maximum atomic E-state index is 10.8. The molecule has 4 heteroatoms. The van der Waals surface area contributed by atoms with E-state index in [0.717, 1.165) is 19.3 Å². The Labute approximate surface area is 128 Å². The van der Waals surface area contributed by atoms with E-state index in [0.29, 0.717) is 0 Å². The summed E-state index contributed by atoms with van der Waals surface area (Å²) in [5.74, 6) is -3.04. The molecule has 0 aromatic heterocycles. The summed E-state index contributed by atoms with van der Waals surface area (Å²) in [7, 11) is 0. The highest BCUT2D eigenvalue weighted by molar-refractivity contribution is 5.79. The van der Waals surface area contributed by atoms with Crippen LogP contribution in [0.5, 0.6) is 0 Å². The number of hydrogen-bond acceptors (Lipinski definition) is 2. The Balaban J connectivity index is 3.53. The molecule has 0 saturated carbocycles. The zero-order chi connectivity index (χ0) is 15.9. The van der Waals surface area contributed by atoms with E-state index >= 15 is 0 Å². The maximum absolute atomic E-state index is 10.8. The Kier molecular flexibility index (Phi) is 12.8. The molecule has 0 heterocycles. The molecular weight excluding hydrogens is 268 g/mol. The second kappa shape index (κ2) is 13.7.